The van der Waals surface area contributed by atoms with Crippen LogP contribution in [0.1, 0.15) is 39.4 Å². The normalized spacial score (nSPS) is 13.2. The van der Waals surface area contributed by atoms with E-state index in [1.807, 2.05) is 27.7 Å². The second-order valence-corrected chi connectivity index (χ2v) is 4.89. The zero-order valence-corrected chi connectivity index (χ0v) is 10.00. The first-order valence-corrected chi connectivity index (χ1v) is 4.92. The van der Waals surface area contributed by atoms with Gasteiger partial charge in [-0.3, -0.25) is 0 Å². The Balaban J connectivity index is 2.81. The summed E-state index contributed by atoms with van der Waals surface area (Å²) in [5.41, 5.74) is 4.99. The van der Waals surface area contributed by atoms with Crippen molar-refractivity contribution in [1.82, 2.24) is 10.1 Å². The summed E-state index contributed by atoms with van der Waals surface area (Å²) < 4.78 is 10.4. The average molecular weight is 213 g/mol. The zero-order chi connectivity index (χ0) is 11.7. The Labute approximate surface area is 90.0 Å². The number of aromatic nitrogens is 2. The molecule has 0 amide bonds. The van der Waals surface area contributed by atoms with Gasteiger partial charge < -0.3 is 15.0 Å². The predicted molar refractivity (Wildman–Crippen MR) is 56.3 cm³/mol. The van der Waals surface area contributed by atoms with Gasteiger partial charge in [0.05, 0.1) is 0 Å². The molecule has 1 heterocycles. The summed E-state index contributed by atoms with van der Waals surface area (Å²) in [7, 11) is 1.61. The highest BCUT2D eigenvalue weighted by atomic mass is 16.5. The van der Waals surface area contributed by atoms with E-state index >= 15 is 0 Å². The molecule has 0 saturated heterocycles. The maximum Gasteiger partial charge on any atom is 0.228 e. The Morgan fingerprint density at radius 3 is 2.40 bits per heavy atom. The minimum Gasteiger partial charge on any atom is -0.371 e. The number of ether oxygens (including phenoxy) is 1. The molecule has 5 nitrogen and oxygen atoms in total. The predicted octanol–water partition coefficient (Wildman–Crippen LogP) is 1.23. The van der Waals surface area contributed by atoms with Crippen molar-refractivity contribution in [3.63, 3.8) is 0 Å². The highest BCUT2D eigenvalue weighted by molar-refractivity contribution is 4.99. The van der Waals surface area contributed by atoms with E-state index in [4.69, 9.17) is 15.0 Å². The molecule has 0 aliphatic heterocycles. The van der Waals surface area contributed by atoms with E-state index in [2.05, 4.69) is 10.1 Å². The summed E-state index contributed by atoms with van der Waals surface area (Å²) in [6, 6.07) is 0. The first kappa shape index (κ1) is 12.1. The maximum atomic E-state index is 5.86. The van der Waals surface area contributed by atoms with Crippen LogP contribution in [0.3, 0.4) is 0 Å². The molecule has 0 aliphatic carbocycles. The van der Waals surface area contributed by atoms with Gasteiger partial charge in [0.1, 0.15) is 5.60 Å². The fraction of sp³-hybridized carbons (Fsp3) is 0.800. The number of hydrogen-bond donors (Lipinski definition) is 1. The fourth-order valence-corrected chi connectivity index (χ4v) is 1.05. The first-order valence-electron chi connectivity index (χ1n) is 4.92. The summed E-state index contributed by atoms with van der Waals surface area (Å²) in [5, 5.41) is 3.88. The van der Waals surface area contributed by atoms with Crippen LogP contribution in [0.25, 0.3) is 0 Å². The topological polar surface area (TPSA) is 74.2 Å². The van der Waals surface area contributed by atoms with Gasteiger partial charge in [-0.2, -0.15) is 4.98 Å². The van der Waals surface area contributed by atoms with E-state index in [9.17, 15) is 0 Å². The monoisotopic (exact) mass is 213 g/mol. The summed E-state index contributed by atoms with van der Waals surface area (Å²) in [5.74, 6) is 1.09. The van der Waals surface area contributed by atoms with Gasteiger partial charge in [0.2, 0.25) is 11.7 Å². The van der Waals surface area contributed by atoms with Gasteiger partial charge >= 0.3 is 0 Å². The standard InChI is InChI=1S/C10H19N3O2/c1-9(2,11)6-7-12-8(13-15-7)10(3,4)14-5/h6,11H2,1-5H3. The van der Waals surface area contributed by atoms with E-state index < -0.39 is 5.60 Å². The molecule has 0 aromatic carbocycles. The molecule has 0 saturated carbocycles. The van der Waals surface area contributed by atoms with Gasteiger partial charge in [0.15, 0.2) is 0 Å². The average Bonchev–Trinajstić information content (AvgIpc) is 2.50. The number of nitrogens with zero attached hydrogens (tertiary/aromatic N) is 2. The van der Waals surface area contributed by atoms with Crippen molar-refractivity contribution in [1.29, 1.82) is 0 Å². The SMILES string of the molecule is COC(C)(C)c1noc(CC(C)(C)N)n1. The molecule has 2 N–H and O–H groups in total. The number of nitrogens with two attached hydrogens (primary N) is 1. The van der Waals surface area contributed by atoms with E-state index in [0.717, 1.165) is 0 Å². The van der Waals surface area contributed by atoms with E-state index in [-0.39, 0.29) is 5.54 Å². The number of rotatable bonds is 4. The van der Waals surface area contributed by atoms with Crippen molar-refractivity contribution in [2.45, 2.75) is 45.3 Å². The van der Waals surface area contributed by atoms with Gasteiger partial charge in [0, 0.05) is 19.1 Å². The fourth-order valence-electron chi connectivity index (χ4n) is 1.05. The van der Waals surface area contributed by atoms with Crippen LogP contribution in [0.15, 0.2) is 4.52 Å². The minimum atomic E-state index is -0.527. The smallest absolute Gasteiger partial charge is 0.228 e. The van der Waals surface area contributed by atoms with Crippen molar-refractivity contribution < 1.29 is 9.26 Å². The number of hydrogen-bond acceptors (Lipinski definition) is 5. The molecule has 86 valence electrons. The van der Waals surface area contributed by atoms with Gasteiger partial charge in [-0.25, -0.2) is 0 Å². The highest BCUT2D eigenvalue weighted by Gasteiger charge is 2.27. The van der Waals surface area contributed by atoms with Crippen LogP contribution < -0.4 is 5.73 Å². The second kappa shape index (κ2) is 3.90. The molecular weight excluding hydrogens is 194 g/mol. The molecule has 0 spiro atoms. The minimum absolute atomic E-state index is 0.346. The van der Waals surface area contributed by atoms with Crippen LogP contribution in [0.5, 0.6) is 0 Å². The third-order valence-electron chi connectivity index (χ3n) is 2.12. The molecule has 5 heteroatoms. The maximum absolute atomic E-state index is 5.86. The van der Waals surface area contributed by atoms with Crippen molar-refractivity contribution >= 4 is 0 Å². The molecule has 0 radical (unpaired) electrons. The summed E-state index contributed by atoms with van der Waals surface area (Å²) in [6.45, 7) is 7.60. The van der Waals surface area contributed by atoms with Gasteiger partial charge in [-0.15, -0.1) is 0 Å². The van der Waals surface area contributed by atoms with E-state index in [1.54, 1.807) is 7.11 Å². The Hall–Kier alpha value is -0.940. The third-order valence-corrected chi connectivity index (χ3v) is 2.12. The molecule has 0 fully saturated rings. The Bertz CT molecular complexity index is 326. The number of methoxy groups -OCH3 is 1. The largest absolute Gasteiger partial charge is 0.371 e. The van der Waals surface area contributed by atoms with Crippen molar-refractivity contribution in [3.8, 4) is 0 Å². The molecular formula is C10H19N3O2. The van der Waals surface area contributed by atoms with Gasteiger partial charge in [0.25, 0.3) is 0 Å². The Morgan fingerprint density at radius 1 is 1.33 bits per heavy atom. The lowest BCUT2D eigenvalue weighted by Crippen LogP contribution is -2.34. The van der Waals surface area contributed by atoms with Crippen LogP contribution in [0.4, 0.5) is 0 Å². The lowest BCUT2D eigenvalue weighted by atomic mass is 10.0. The second-order valence-electron chi connectivity index (χ2n) is 4.89. The molecule has 0 unspecified atom stereocenters. The van der Waals surface area contributed by atoms with Crippen LogP contribution >= 0.6 is 0 Å². The molecule has 1 aromatic rings. The lowest BCUT2D eigenvalue weighted by molar-refractivity contribution is 0.00973. The summed E-state index contributed by atoms with van der Waals surface area (Å²) in [4.78, 5) is 4.26. The summed E-state index contributed by atoms with van der Waals surface area (Å²) >= 11 is 0. The van der Waals surface area contributed by atoms with Crippen molar-refractivity contribution in [2.75, 3.05) is 7.11 Å². The molecule has 15 heavy (non-hydrogen) atoms. The van der Waals surface area contributed by atoms with E-state index in [1.165, 1.54) is 0 Å². The van der Waals surface area contributed by atoms with Crippen molar-refractivity contribution in [3.05, 3.63) is 11.7 Å². The molecule has 0 bridgehead atoms. The van der Waals surface area contributed by atoms with Crippen LogP contribution in [0, 0.1) is 0 Å². The quantitative estimate of drug-likeness (QED) is 0.814. The summed E-state index contributed by atoms with van der Waals surface area (Å²) in [6.07, 6.45) is 0.555. The molecule has 0 atom stereocenters. The Kier molecular flexibility index (Phi) is 3.16. The zero-order valence-electron chi connectivity index (χ0n) is 10.00. The van der Waals surface area contributed by atoms with Crippen LogP contribution in [-0.4, -0.2) is 22.8 Å². The molecule has 0 aliphatic rings. The van der Waals surface area contributed by atoms with Crippen LogP contribution in [0.2, 0.25) is 0 Å². The molecule has 1 rings (SSSR count). The molecule has 1 aromatic heterocycles. The van der Waals surface area contributed by atoms with Crippen molar-refractivity contribution in [2.24, 2.45) is 5.73 Å². The Morgan fingerprint density at radius 2 is 1.93 bits per heavy atom. The van der Waals surface area contributed by atoms with Gasteiger partial charge in [-0.1, -0.05) is 5.16 Å². The van der Waals surface area contributed by atoms with Crippen LogP contribution in [-0.2, 0) is 16.8 Å². The third kappa shape index (κ3) is 3.28. The van der Waals surface area contributed by atoms with Gasteiger partial charge in [-0.05, 0) is 27.7 Å². The highest BCUT2D eigenvalue weighted by Crippen LogP contribution is 2.21. The lowest BCUT2D eigenvalue weighted by Gasteiger charge is -2.17. The van der Waals surface area contributed by atoms with E-state index in [0.29, 0.717) is 18.1 Å². The first-order chi connectivity index (χ1) is 6.74.